The summed E-state index contributed by atoms with van der Waals surface area (Å²) in [4.78, 5) is 12.9. The number of halogens is 1. The molecule has 0 saturated carbocycles. The SMILES string of the molecule is Cn1nnc(C(=O)c2occc2Br)n1. The van der Waals surface area contributed by atoms with Crippen LogP contribution in [0.5, 0.6) is 0 Å². The Morgan fingerprint density at radius 3 is 2.93 bits per heavy atom. The first kappa shape index (κ1) is 9.07. The number of ketones is 1. The minimum Gasteiger partial charge on any atom is -0.459 e. The van der Waals surface area contributed by atoms with Gasteiger partial charge in [0.25, 0.3) is 5.78 Å². The first-order chi connectivity index (χ1) is 6.68. The lowest BCUT2D eigenvalue weighted by molar-refractivity contribution is 0.0998. The van der Waals surface area contributed by atoms with Crippen LogP contribution in [-0.4, -0.2) is 26.0 Å². The van der Waals surface area contributed by atoms with E-state index in [-0.39, 0.29) is 11.6 Å². The predicted octanol–water partition coefficient (Wildman–Crippen LogP) is 0.797. The number of aromatic nitrogens is 4. The fourth-order valence-electron chi connectivity index (χ4n) is 0.932. The van der Waals surface area contributed by atoms with Gasteiger partial charge in [-0.3, -0.25) is 4.79 Å². The summed E-state index contributed by atoms with van der Waals surface area (Å²) < 4.78 is 5.55. The molecule has 0 spiro atoms. The van der Waals surface area contributed by atoms with Crippen molar-refractivity contribution in [3.05, 3.63) is 28.4 Å². The molecule has 2 rings (SSSR count). The molecular weight excluding hydrogens is 252 g/mol. The molecule has 0 aliphatic heterocycles. The molecule has 0 N–H and O–H groups in total. The molecule has 0 bridgehead atoms. The highest BCUT2D eigenvalue weighted by molar-refractivity contribution is 9.10. The molecular formula is C7H5BrN4O2. The van der Waals surface area contributed by atoms with Crippen LogP contribution in [-0.2, 0) is 7.05 Å². The summed E-state index contributed by atoms with van der Waals surface area (Å²) in [6.07, 6.45) is 1.41. The molecule has 72 valence electrons. The molecule has 0 unspecified atom stereocenters. The van der Waals surface area contributed by atoms with Gasteiger partial charge >= 0.3 is 0 Å². The van der Waals surface area contributed by atoms with Crippen molar-refractivity contribution in [2.24, 2.45) is 7.05 Å². The van der Waals surface area contributed by atoms with Crippen molar-refractivity contribution in [3.63, 3.8) is 0 Å². The Morgan fingerprint density at radius 2 is 2.43 bits per heavy atom. The van der Waals surface area contributed by atoms with Gasteiger partial charge in [0, 0.05) is 0 Å². The Bertz CT molecular complexity index is 475. The number of tetrazole rings is 1. The molecule has 0 radical (unpaired) electrons. The molecule has 0 amide bonds. The van der Waals surface area contributed by atoms with Gasteiger partial charge in [-0.2, -0.15) is 4.80 Å². The zero-order chi connectivity index (χ0) is 10.1. The number of carbonyl (C=O) groups is 1. The second-order valence-corrected chi connectivity index (χ2v) is 3.38. The van der Waals surface area contributed by atoms with E-state index < -0.39 is 5.78 Å². The number of nitrogens with zero attached hydrogens (tertiary/aromatic N) is 4. The minimum atomic E-state index is -0.394. The van der Waals surface area contributed by atoms with Gasteiger partial charge in [0.1, 0.15) is 0 Å². The topological polar surface area (TPSA) is 73.8 Å². The Kier molecular flexibility index (Phi) is 2.16. The van der Waals surface area contributed by atoms with Crippen LogP contribution < -0.4 is 0 Å². The van der Waals surface area contributed by atoms with Gasteiger partial charge in [-0.25, -0.2) is 0 Å². The fraction of sp³-hybridized carbons (Fsp3) is 0.143. The molecule has 7 heteroatoms. The number of furan rings is 1. The Morgan fingerprint density at radius 1 is 1.64 bits per heavy atom. The van der Waals surface area contributed by atoms with Crippen LogP contribution in [0.3, 0.4) is 0 Å². The Hall–Kier alpha value is -1.50. The van der Waals surface area contributed by atoms with Crippen molar-refractivity contribution < 1.29 is 9.21 Å². The summed E-state index contributed by atoms with van der Waals surface area (Å²) in [6.45, 7) is 0. The van der Waals surface area contributed by atoms with Crippen LogP contribution in [0.2, 0.25) is 0 Å². The van der Waals surface area contributed by atoms with Gasteiger partial charge < -0.3 is 4.42 Å². The van der Waals surface area contributed by atoms with Crippen molar-refractivity contribution in [2.45, 2.75) is 0 Å². The monoisotopic (exact) mass is 256 g/mol. The molecule has 0 fully saturated rings. The maximum absolute atomic E-state index is 11.6. The quantitative estimate of drug-likeness (QED) is 0.744. The van der Waals surface area contributed by atoms with Gasteiger partial charge in [-0.15, -0.1) is 10.2 Å². The highest BCUT2D eigenvalue weighted by Gasteiger charge is 2.20. The average molecular weight is 257 g/mol. The molecule has 0 aliphatic rings. The molecule has 6 nitrogen and oxygen atoms in total. The summed E-state index contributed by atoms with van der Waals surface area (Å²) in [5.41, 5.74) is 0. The van der Waals surface area contributed by atoms with E-state index in [1.807, 2.05) is 0 Å². The lowest BCUT2D eigenvalue weighted by Gasteiger charge is -1.89. The first-order valence-corrected chi connectivity index (χ1v) is 4.49. The van der Waals surface area contributed by atoms with E-state index in [4.69, 9.17) is 4.42 Å². The minimum absolute atomic E-state index is 0.0168. The summed E-state index contributed by atoms with van der Waals surface area (Å²) in [5, 5.41) is 10.9. The molecule has 14 heavy (non-hydrogen) atoms. The molecule has 0 aliphatic carbocycles. The number of hydrogen-bond acceptors (Lipinski definition) is 5. The smallest absolute Gasteiger partial charge is 0.270 e. The van der Waals surface area contributed by atoms with Gasteiger partial charge in [0.2, 0.25) is 5.82 Å². The standard InChI is InChI=1S/C7H5BrN4O2/c1-12-10-7(9-11-12)5(13)6-4(8)2-3-14-6/h2-3H,1H3. The van der Waals surface area contributed by atoms with Crippen molar-refractivity contribution in [2.75, 3.05) is 0 Å². The lowest BCUT2D eigenvalue weighted by atomic mass is 10.3. The number of carbonyl (C=O) groups excluding carboxylic acids is 1. The summed E-state index contributed by atoms with van der Waals surface area (Å²) in [6, 6.07) is 1.63. The lowest BCUT2D eigenvalue weighted by Crippen LogP contribution is -2.04. The van der Waals surface area contributed by atoms with E-state index >= 15 is 0 Å². The van der Waals surface area contributed by atoms with E-state index in [1.54, 1.807) is 13.1 Å². The molecule has 0 atom stereocenters. The third-order valence-corrected chi connectivity index (χ3v) is 2.16. The third kappa shape index (κ3) is 1.46. The number of hydrogen-bond donors (Lipinski definition) is 0. The predicted molar refractivity (Wildman–Crippen MR) is 48.6 cm³/mol. The molecule has 0 saturated heterocycles. The van der Waals surface area contributed by atoms with Gasteiger partial charge in [0.15, 0.2) is 5.76 Å². The van der Waals surface area contributed by atoms with E-state index in [1.165, 1.54) is 11.1 Å². The average Bonchev–Trinajstić information content (AvgIpc) is 2.73. The highest BCUT2D eigenvalue weighted by Crippen LogP contribution is 2.19. The van der Waals surface area contributed by atoms with Crippen LogP contribution in [0.15, 0.2) is 21.2 Å². The zero-order valence-corrected chi connectivity index (χ0v) is 8.72. The second-order valence-electron chi connectivity index (χ2n) is 2.53. The van der Waals surface area contributed by atoms with Crippen LogP contribution in [0.4, 0.5) is 0 Å². The largest absolute Gasteiger partial charge is 0.459 e. The molecule has 2 aromatic heterocycles. The highest BCUT2D eigenvalue weighted by atomic mass is 79.9. The molecule has 2 aromatic rings. The molecule has 0 aromatic carbocycles. The van der Waals surface area contributed by atoms with Crippen LogP contribution in [0.1, 0.15) is 16.4 Å². The Labute approximate surface area is 87.0 Å². The van der Waals surface area contributed by atoms with Gasteiger partial charge in [-0.05, 0) is 27.2 Å². The van der Waals surface area contributed by atoms with E-state index in [2.05, 4.69) is 31.3 Å². The van der Waals surface area contributed by atoms with Crippen LogP contribution in [0.25, 0.3) is 0 Å². The normalized spacial score (nSPS) is 10.4. The maximum Gasteiger partial charge on any atom is 0.270 e. The summed E-state index contributed by atoms with van der Waals surface area (Å²) in [5.74, 6) is -0.198. The fourth-order valence-corrected chi connectivity index (χ4v) is 1.31. The second kappa shape index (κ2) is 3.33. The Balaban J connectivity index is 2.38. The van der Waals surface area contributed by atoms with Crippen molar-refractivity contribution in [1.82, 2.24) is 20.2 Å². The number of aryl methyl sites for hydroxylation is 1. The first-order valence-electron chi connectivity index (χ1n) is 3.70. The van der Waals surface area contributed by atoms with E-state index in [9.17, 15) is 4.79 Å². The zero-order valence-electron chi connectivity index (χ0n) is 7.14. The van der Waals surface area contributed by atoms with Crippen LogP contribution >= 0.6 is 15.9 Å². The van der Waals surface area contributed by atoms with Crippen molar-refractivity contribution in [1.29, 1.82) is 0 Å². The van der Waals surface area contributed by atoms with Gasteiger partial charge in [-0.1, -0.05) is 0 Å². The molecule has 2 heterocycles. The van der Waals surface area contributed by atoms with Crippen molar-refractivity contribution in [3.8, 4) is 0 Å². The number of rotatable bonds is 2. The van der Waals surface area contributed by atoms with Gasteiger partial charge in [0.05, 0.1) is 17.8 Å². The maximum atomic E-state index is 11.6. The van der Waals surface area contributed by atoms with Crippen LogP contribution in [0, 0.1) is 0 Å². The third-order valence-electron chi connectivity index (χ3n) is 1.53. The van der Waals surface area contributed by atoms with E-state index in [0.29, 0.717) is 4.47 Å². The van der Waals surface area contributed by atoms with Crippen molar-refractivity contribution >= 4 is 21.7 Å². The summed E-state index contributed by atoms with van der Waals surface area (Å²) >= 11 is 3.17. The summed E-state index contributed by atoms with van der Waals surface area (Å²) in [7, 11) is 1.58. The van der Waals surface area contributed by atoms with E-state index in [0.717, 1.165) is 0 Å².